The van der Waals surface area contributed by atoms with Crippen molar-refractivity contribution in [2.24, 2.45) is 0 Å². The van der Waals surface area contributed by atoms with E-state index in [1.165, 1.54) is 7.11 Å². The van der Waals surface area contributed by atoms with Crippen molar-refractivity contribution in [2.75, 3.05) is 7.11 Å². The van der Waals surface area contributed by atoms with Gasteiger partial charge in [0.15, 0.2) is 0 Å². The average molecular weight is 250 g/mol. The van der Waals surface area contributed by atoms with Crippen LogP contribution in [0.1, 0.15) is 44.9 Å². The maximum atomic E-state index is 10.9. The van der Waals surface area contributed by atoms with E-state index in [9.17, 15) is 9.90 Å². The van der Waals surface area contributed by atoms with E-state index in [1.54, 1.807) is 0 Å². The monoisotopic (exact) mass is 250 g/mol. The molecule has 1 aliphatic rings. The molecule has 1 N–H and O–H groups in total. The van der Waals surface area contributed by atoms with Gasteiger partial charge in [-0.15, -0.1) is 0 Å². The number of carbonyl (C=O) groups is 1. The number of hydrogen-bond acceptors (Lipinski definition) is 3. The van der Waals surface area contributed by atoms with Gasteiger partial charge in [-0.3, -0.25) is 4.79 Å². The number of aliphatic hydroxyl groups excluding tert-OH is 1. The molecule has 0 aromatic heterocycles. The molecular formula is C15H22O3. The number of carbonyl (C=O) groups excluding carboxylic acids is 1. The topological polar surface area (TPSA) is 46.5 Å². The summed E-state index contributed by atoms with van der Waals surface area (Å²) in [6.07, 6.45) is 14.1. The summed E-state index contributed by atoms with van der Waals surface area (Å²) in [6.45, 7) is 0. The van der Waals surface area contributed by atoms with Crippen LogP contribution in [0.3, 0.4) is 0 Å². The quantitative estimate of drug-likeness (QED) is 0.404. The van der Waals surface area contributed by atoms with Gasteiger partial charge in [-0.1, -0.05) is 43.6 Å². The minimum atomic E-state index is -0.128. The number of unbranched alkanes of at least 4 members (excludes halogenated alkanes) is 4. The molecule has 0 spiro atoms. The Morgan fingerprint density at radius 1 is 1.06 bits per heavy atom. The van der Waals surface area contributed by atoms with Gasteiger partial charge in [-0.25, -0.2) is 0 Å². The fraction of sp³-hybridized carbons (Fsp3) is 0.533. The van der Waals surface area contributed by atoms with Crippen LogP contribution in [0.2, 0.25) is 0 Å². The van der Waals surface area contributed by atoms with Gasteiger partial charge in [0.2, 0.25) is 0 Å². The van der Waals surface area contributed by atoms with Crippen LogP contribution in [0.4, 0.5) is 0 Å². The lowest BCUT2D eigenvalue weighted by Crippen LogP contribution is -1.99. The molecule has 1 rings (SSSR count). The largest absolute Gasteiger partial charge is 0.512 e. The normalized spacial score (nSPS) is 13.1. The maximum Gasteiger partial charge on any atom is 0.305 e. The van der Waals surface area contributed by atoms with Crippen molar-refractivity contribution in [3.05, 3.63) is 35.6 Å². The molecule has 0 aliphatic heterocycles. The van der Waals surface area contributed by atoms with Crippen LogP contribution in [-0.2, 0) is 9.53 Å². The second-order valence-electron chi connectivity index (χ2n) is 4.46. The van der Waals surface area contributed by atoms with E-state index in [2.05, 4.69) is 4.74 Å². The summed E-state index contributed by atoms with van der Waals surface area (Å²) in [5.74, 6) is 0.353. The predicted molar refractivity (Wildman–Crippen MR) is 72.3 cm³/mol. The zero-order valence-electron chi connectivity index (χ0n) is 11.0. The highest BCUT2D eigenvalue weighted by Crippen LogP contribution is 2.17. The van der Waals surface area contributed by atoms with Gasteiger partial charge < -0.3 is 9.84 Å². The highest BCUT2D eigenvalue weighted by Gasteiger charge is 2.02. The number of hydrogen-bond donors (Lipinski definition) is 1. The third-order valence-electron chi connectivity index (χ3n) is 3.02. The fourth-order valence-electron chi connectivity index (χ4n) is 1.90. The molecule has 0 heterocycles. The van der Waals surface area contributed by atoms with Crippen LogP contribution in [0.5, 0.6) is 0 Å². The molecule has 0 unspecified atom stereocenters. The van der Waals surface area contributed by atoms with Gasteiger partial charge in [0.1, 0.15) is 0 Å². The van der Waals surface area contributed by atoms with E-state index < -0.39 is 0 Å². The van der Waals surface area contributed by atoms with Gasteiger partial charge in [-0.2, -0.15) is 0 Å². The number of allylic oxidation sites excluding steroid dienone is 6. The Kier molecular flexibility index (Phi) is 6.92. The maximum absolute atomic E-state index is 10.9. The molecule has 100 valence electrons. The predicted octanol–water partition coefficient (Wildman–Crippen LogP) is 3.83. The minimum Gasteiger partial charge on any atom is -0.512 e. The standard InChI is InChI=1S/C15H22O3/c1-18-15(17)12-6-4-2-3-5-11-14(16)13-9-7-8-10-13/h7-10,16H,2-6,11-12H2,1H3. The van der Waals surface area contributed by atoms with Gasteiger partial charge in [0, 0.05) is 18.4 Å². The summed E-state index contributed by atoms with van der Waals surface area (Å²) >= 11 is 0. The first-order valence-electron chi connectivity index (χ1n) is 6.57. The summed E-state index contributed by atoms with van der Waals surface area (Å²) in [6, 6.07) is 0. The molecule has 0 saturated heterocycles. The van der Waals surface area contributed by atoms with Crippen LogP contribution >= 0.6 is 0 Å². The third-order valence-corrected chi connectivity index (χ3v) is 3.02. The molecule has 0 aromatic rings. The molecule has 1 aliphatic carbocycles. The first kappa shape index (κ1) is 14.6. The Morgan fingerprint density at radius 2 is 1.61 bits per heavy atom. The van der Waals surface area contributed by atoms with E-state index in [1.807, 2.05) is 24.3 Å². The van der Waals surface area contributed by atoms with E-state index in [-0.39, 0.29) is 5.97 Å². The average Bonchev–Trinajstić information content (AvgIpc) is 2.91. The van der Waals surface area contributed by atoms with Gasteiger partial charge in [0.25, 0.3) is 0 Å². The zero-order valence-corrected chi connectivity index (χ0v) is 11.0. The zero-order chi connectivity index (χ0) is 13.2. The Bertz CT molecular complexity index is 337. The molecule has 18 heavy (non-hydrogen) atoms. The molecule has 0 fully saturated rings. The smallest absolute Gasteiger partial charge is 0.305 e. The van der Waals surface area contributed by atoms with Gasteiger partial charge in [0.05, 0.1) is 12.9 Å². The summed E-state index contributed by atoms with van der Waals surface area (Å²) in [5, 5.41) is 9.77. The molecular weight excluding hydrogens is 228 g/mol. The van der Waals surface area contributed by atoms with Crippen molar-refractivity contribution >= 4 is 5.97 Å². The van der Waals surface area contributed by atoms with Crippen LogP contribution in [0.25, 0.3) is 0 Å². The van der Waals surface area contributed by atoms with Crippen molar-refractivity contribution in [3.8, 4) is 0 Å². The summed E-state index contributed by atoms with van der Waals surface area (Å²) < 4.78 is 4.58. The molecule has 0 aromatic carbocycles. The second-order valence-corrected chi connectivity index (χ2v) is 4.46. The first-order chi connectivity index (χ1) is 8.74. The van der Waals surface area contributed by atoms with Gasteiger partial charge in [-0.05, 0) is 12.8 Å². The Morgan fingerprint density at radius 3 is 2.22 bits per heavy atom. The number of methoxy groups -OCH3 is 1. The molecule has 0 radical (unpaired) electrons. The summed E-state index contributed by atoms with van der Waals surface area (Å²) in [5.41, 5.74) is 0.931. The van der Waals surface area contributed by atoms with Crippen molar-refractivity contribution in [1.82, 2.24) is 0 Å². The SMILES string of the molecule is COC(=O)CCCCCCCC(O)=C1C=CC=C1. The summed E-state index contributed by atoms with van der Waals surface area (Å²) in [7, 11) is 1.42. The highest BCUT2D eigenvalue weighted by atomic mass is 16.5. The summed E-state index contributed by atoms with van der Waals surface area (Å²) in [4.78, 5) is 10.9. The third kappa shape index (κ3) is 5.71. The molecule has 0 bridgehead atoms. The number of esters is 1. The van der Waals surface area contributed by atoms with Crippen LogP contribution in [-0.4, -0.2) is 18.2 Å². The van der Waals surface area contributed by atoms with Crippen LogP contribution in [0.15, 0.2) is 35.6 Å². The van der Waals surface area contributed by atoms with Crippen LogP contribution < -0.4 is 0 Å². The molecule has 0 atom stereocenters. The van der Waals surface area contributed by atoms with E-state index >= 15 is 0 Å². The van der Waals surface area contributed by atoms with E-state index in [0.29, 0.717) is 12.2 Å². The lowest BCUT2D eigenvalue weighted by Gasteiger charge is -2.03. The Balaban J connectivity index is 1.99. The van der Waals surface area contributed by atoms with Crippen molar-refractivity contribution < 1.29 is 14.6 Å². The number of ether oxygens (including phenoxy) is 1. The molecule has 0 amide bonds. The van der Waals surface area contributed by atoms with E-state index in [0.717, 1.165) is 44.1 Å². The highest BCUT2D eigenvalue weighted by molar-refractivity contribution is 5.68. The Labute approximate surface area is 109 Å². The minimum absolute atomic E-state index is 0.128. The number of aliphatic hydroxyl groups is 1. The first-order valence-corrected chi connectivity index (χ1v) is 6.57. The number of rotatable bonds is 8. The fourth-order valence-corrected chi connectivity index (χ4v) is 1.90. The van der Waals surface area contributed by atoms with Crippen molar-refractivity contribution in [2.45, 2.75) is 44.9 Å². The lowest BCUT2D eigenvalue weighted by atomic mass is 10.1. The molecule has 3 heteroatoms. The molecule has 3 nitrogen and oxygen atoms in total. The van der Waals surface area contributed by atoms with Crippen molar-refractivity contribution in [1.29, 1.82) is 0 Å². The van der Waals surface area contributed by atoms with E-state index in [4.69, 9.17) is 0 Å². The van der Waals surface area contributed by atoms with Gasteiger partial charge >= 0.3 is 5.97 Å². The second kappa shape index (κ2) is 8.56. The lowest BCUT2D eigenvalue weighted by molar-refractivity contribution is -0.140. The molecule has 0 saturated carbocycles. The Hall–Kier alpha value is -1.51. The van der Waals surface area contributed by atoms with Crippen molar-refractivity contribution in [3.63, 3.8) is 0 Å². The van der Waals surface area contributed by atoms with Crippen LogP contribution in [0, 0.1) is 0 Å².